The number of fused-ring (bicyclic) bond motifs is 1. The highest BCUT2D eigenvalue weighted by Gasteiger charge is 2.38. The minimum atomic E-state index is 0.000741. The van der Waals surface area contributed by atoms with Gasteiger partial charge in [-0.2, -0.15) is 0 Å². The van der Waals surface area contributed by atoms with Crippen LogP contribution in [0.25, 0.3) is 0 Å². The van der Waals surface area contributed by atoms with Crippen molar-refractivity contribution in [3.05, 3.63) is 99.4 Å². The summed E-state index contributed by atoms with van der Waals surface area (Å²) in [6, 6.07) is 25.8. The summed E-state index contributed by atoms with van der Waals surface area (Å²) >= 11 is 9.11. The van der Waals surface area contributed by atoms with E-state index in [0.717, 1.165) is 32.6 Å². The molecule has 32 heavy (non-hydrogen) atoms. The summed E-state index contributed by atoms with van der Waals surface area (Å²) in [5, 5.41) is 2.31. The van der Waals surface area contributed by atoms with Crippen molar-refractivity contribution in [2.24, 2.45) is 4.99 Å². The molecule has 0 aromatic heterocycles. The lowest BCUT2D eigenvalue weighted by Crippen LogP contribution is -2.31. The Balaban J connectivity index is 1.49. The molecule has 4 nitrogen and oxygen atoms in total. The zero-order chi connectivity index (χ0) is 22.1. The third-order valence-electron chi connectivity index (χ3n) is 5.31. The number of carbonyl (C=O) groups is 1. The Hall–Kier alpha value is -2.67. The highest BCUT2D eigenvalue weighted by Crippen LogP contribution is 2.50. The maximum Gasteiger partial charge on any atom is 0.269 e. The van der Waals surface area contributed by atoms with E-state index in [-0.39, 0.29) is 5.91 Å². The molecule has 0 saturated carbocycles. The van der Waals surface area contributed by atoms with Crippen molar-refractivity contribution in [3.63, 3.8) is 0 Å². The number of nitrogens with zero attached hydrogens (tertiary/aromatic N) is 3. The quantitative estimate of drug-likeness (QED) is 0.399. The predicted molar refractivity (Wildman–Crippen MR) is 136 cm³/mol. The molecule has 2 heterocycles. The van der Waals surface area contributed by atoms with Crippen molar-refractivity contribution in [2.45, 2.75) is 11.3 Å². The maximum atomic E-state index is 13.6. The van der Waals surface area contributed by atoms with Crippen LogP contribution < -0.4 is 4.90 Å². The van der Waals surface area contributed by atoms with Gasteiger partial charge in [0.25, 0.3) is 5.91 Å². The largest absolute Gasteiger partial charge is 0.337 e. The zero-order valence-electron chi connectivity index (χ0n) is 17.4. The smallest absolute Gasteiger partial charge is 0.269 e. The summed E-state index contributed by atoms with van der Waals surface area (Å²) in [7, 11) is 2.01. The van der Waals surface area contributed by atoms with Crippen molar-refractivity contribution in [1.29, 1.82) is 0 Å². The molecule has 5 rings (SSSR count). The fourth-order valence-corrected chi connectivity index (χ4v) is 6.12. The summed E-state index contributed by atoms with van der Waals surface area (Å²) in [5.74, 6) is 0.000741. The van der Waals surface area contributed by atoms with Gasteiger partial charge in [-0.3, -0.25) is 9.69 Å². The van der Waals surface area contributed by atoms with Crippen LogP contribution >= 0.6 is 35.1 Å². The van der Waals surface area contributed by atoms with Crippen LogP contribution in [0.4, 0.5) is 11.4 Å². The van der Waals surface area contributed by atoms with Gasteiger partial charge in [-0.1, -0.05) is 65.8 Å². The first kappa shape index (κ1) is 21.2. The first-order valence-electron chi connectivity index (χ1n) is 10.2. The van der Waals surface area contributed by atoms with E-state index in [1.807, 2.05) is 61.6 Å². The van der Waals surface area contributed by atoms with Crippen LogP contribution in [-0.4, -0.2) is 29.6 Å². The van der Waals surface area contributed by atoms with Gasteiger partial charge in [0.2, 0.25) is 0 Å². The molecule has 160 valence electrons. The van der Waals surface area contributed by atoms with Gasteiger partial charge in [-0.05, 0) is 60.1 Å². The lowest BCUT2D eigenvalue weighted by atomic mass is 10.1. The average Bonchev–Trinajstić information content (AvgIpc) is 3.31. The number of carbonyl (C=O) groups excluding carboxylic acids is 1. The highest BCUT2D eigenvalue weighted by atomic mass is 35.5. The molecule has 0 spiro atoms. The van der Waals surface area contributed by atoms with Gasteiger partial charge < -0.3 is 4.90 Å². The number of amides is 1. The Morgan fingerprint density at radius 3 is 2.38 bits per heavy atom. The molecule has 0 radical (unpaired) electrons. The number of aliphatic imine (C=N–C) groups is 1. The molecule has 2 aliphatic rings. The van der Waals surface area contributed by atoms with Gasteiger partial charge in [0, 0.05) is 23.5 Å². The van der Waals surface area contributed by atoms with E-state index >= 15 is 0 Å². The minimum Gasteiger partial charge on any atom is -0.337 e. The Morgan fingerprint density at radius 2 is 1.62 bits per heavy atom. The summed E-state index contributed by atoms with van der Waals surface area (Å²) in [4.78, 5) is 24.1. The Kier molecular flexibility index (Phi) is 6.00. The Morgan fingerprint density at radius 1 is 0.906 bits per heavy atom. The van der Waals surface area contributed by atoms with E-state index in [1.54, 1.807) is 16.7 Å². The number of benzene rings is 3. The molecule has 1 fully saturated rings. The van der Waals surface area contributed by atoms with Crippen LogP contribution in [0.2, 0.25) is 5.02 Å². The first-order chi connectivity index (χ1) is 15.6. The zero-order valence-corrected chi connectivity index (χ0v) is 19.8. The van der Waals surface area contributed by atoms with E-state index in [2.05, 4.69) is 29.2 Å². The number of rotatable bonds is 4. The van der Waals surface area contributed by atoms with Crippen LogP contribution in [0, 0.1) is 0 Å². The van der Waals surface area contributed by atoms with E-state index < -0.39 is 0 Å². The SMILES string of the molecule is CN1C(=C2SC(=Nc3ccc(Cl)cc3)N(CCc3ccccc3)C2=O)Sc2ccccc21. The van der Waals surface area contributed by atoms with Crippen molar-refractivity contribution >= 4 is 57.6 Å². The van der Waals surface area contributed by atoms with Crippen LogP contribution in [0.5, 0.6) is 0 Å². The number of hydrogen-bond acceptors (Lipinski definition) is 5. The second kappa shape index (κ2) is 9.06. The number of hydrogen-bond donors (Lipinski definition) is 0. The topological polar surface area (TPSA) is 35.9 Å². The summed E-state index contributed by atoms with van der Waals surface area (Å²) in [6.45, 7) is 0.570. The Bertz CT molecular complexity index is 1230. The highest BCUT2D eigenvalue weighted by molar-refractivity contribution is 8.19. The second-order valence-corrected chi connectivity index (χ2v) is 9.87. The van der Waals surface area contributed by atoms with Gasteiger partial charge >= 0.3 is 0 Å². The van der Waals surface area contributed by atoms with E-state index in [0.29, 0.717) is 16.7 Å². The molecule has 1 saturated heterocycles. The third-order valence-corrected chi connectivity index (χ3v) is 8.00. The van der Waals surface area contributed by atoms with E-state index in [9.17, 15) is 4.79 Å². The molecule has 0 N–H and O–H groups in total. The Labute approximate surface area is 201 Å². The molecule has 2 aliphatic heterocycles. The van der Waals surface area contributed by atoms with Crippen LogP contribution in [0.3, 0.4) is 0 Å². The summed E-state index contributed by atoms with van der Waals surface area (Å²) in [6.07, 6.45) is 0.762. The molecule has 3 aromatic carbocycles. The molecule has 0 aliphatic carbocycles. The molecular weight excluding hydrogens is 458 g/mol. The molecule has 0 bridgehead atoms. The first-order valence-corrected chi connectivity index (χ1v) is 12.2. The van der Waals surface area contributed by atoms with E-state index in [4.69, 9.17) is 16.6 Å². The molecule has 7 heteroatoms. The van der Waals surface area contributed by atoms with Crippen LogP contribution in [0.1, 0.15) is 5.56 Å². The van der Waals surface area contributed by atoms with Crippen molar-refractivity contribution in [3.8, 4) is 0 Å². The monoisotopic (exact) mass is 477 g/mol. The molecule has 0 atom stereocenters. The number of anilines is 1. The number of para-hydroxylation sites is 1. The third kappa shape index (κ3) is 4.18. The minimum absolute atomic E-state index is 0.000741. The van der Waals surface area contributed by atoms with Gasteiger partial charge in [-0.25, -0.2) is 4.99 Å². The molecule has 0 unspecified atom stereocenters. The van der Waals surface area contributed by atoms with Crippen molar-refractivity contribution < 1.29 is 4.79 Å². The van der Waals surface area contributed by atoms with Crippen molar-refractivity contribution in [2.75, 3.05) is 18.5 Å². The fraction of sp³-hybridized carbons (Fsp3) is 0.120. The standard InChI is InChI=1S/C25H20ClN3OS2/c1-28-20-9-5-6-10-21(20)31-24(28)22-23(30)29(16-15-17-7-3-2-4-8-17)25(32-22)27-19-13-11-18(26)12-14-19/h2-14H,15-16H2,1H3. The predicted octanol–water partition coefficient (Wildman–Crippen LogP) is 6.56. The number of thioether (sulfide) groups is 2. The number of halogens is 1. The molecule has 3 aromatic rings. The van der Waals surface area contributed by atoms with Gasteiger partial charge in [0.05, 0.1) is 16.4 Å². The lowest BCUT2D eigenvalue weighted by molar-refractivity contribution is -0.122. The normalized spacial score (nSPS) is 19.2. The molecule has 1 amide bonds. The average molecular weight is 478 g/mol. The summed E-state index contributed by atoms with van der Waals surface area (Å²) < 4.78 is 0. The van der Waals surface area contributed by atoms with Gasteiger partial charge in [-0.15, -0.1) is 0 Å². The van der Waals surface area contributed by atoms with E-state index in [1.165, 1.54) is 17.3 Å². The summed E-state index contributed by atoms with van der Waals surface area (Å²) in [5.41, 5.74) is 3.08. The van der Waals surface area contributed by atoms with Gasteiger partial charge in [0.15, 0.2) is 5.17 Å². The number of amidine groups is 1. The molecular formula is C25H20ClN3OS2. The fourth-order valence-electron chi connectivity index (χ4n) is 3.63. The van der Waals surface area contributed by atoms with Gasteiger partial charge in [0.1, 0.15) is 4.91 Å². The van der Waals surface area contributed by atoms with Crippen LogP contribution in [0.15, 0.2) is 98.7 Å². The van der Waals surface area contributed by atoms with Crippen molar-refractivity contribution in [1.82, 2.24) is 4.90 Å². The van der Waals surface area contributed by atoms with Crippen LogP contribution in [-0.2, 0) is 11.2 Å². The second-order valence-electron chi connectivity index (χ2n) is 7.43. The lowest BCUT2D eigenvalue weighted by Gasteiger charge is -2.16. The maximum absolute atomic E-state index is 13.6.